The van der Waals surface area contributed by atoms with Gasteiger partial charge in [-0.3, -0.25) is 0 Å². The van der Waals surface area contributed by atoms with Gasteiger partial charge in [0.25, 0.3) is 0 Å². The van der Waals surface area contributed by atoms with Crippen LogP contribution in [0.4, 0.5) is 0 Å². The van der Waals surface area contributed by atoms with Gasteiger partial charge in [0.1, 0.15) is 0 Å². The quantitative estimate of drug-likeness (QED) is 0.164. The van der Waals surface area contributed by atoms with E-state index in [1.54, 1.807) is 11.3 Å². The number of hydrogen-bond donors (Lipinski definition) is 0. The third-order valence-electron chi connectivity index (χ3n) is 11.2. The molecule has 0 saturated carbocycles. The Kier molecular flexibility index (Phi) is 7.33. The molecule has 4 aromatic heterocycles. The summed E-state index contributed by atoms with van der Waals surface area (Å²) in [5.41, 5.74) is 9.12. The van der Waals surface area contributed by atoms with Crippen LogP contribution in [0.1, 0.15) is 0 Å². The van der Waals surface area contributed by atoms with Gasteiger partial charge in [-0.05, 0) is 65.4 Å². The summed E-state index contributed by atoms with van der Waals surface area (Å²) in [6.45, 7) is 0. The molecule has 5 nitrogen and oxygen atoms in total. The lowest BCUT2D eigenvalue weighted by atomic mass is 9.98. The first-order valence-electron chi connectivity index (χ1n) is 19.4. The van der Waals surface area contributed by atoms with E-state index in [-0.39, 0.29) is 0 Å². The number of benzene rings is 8. The van der Waals surface area contributed by atoms with Crippen molar-refractivity contribution >= 4 is 75.0 Å². The zero-order valence-corrected chi connectivity index (χ0v) is 31.9. The lowest BCUT2D eigenvalue weighted by molar-refractivity contribution is 1.07. The molecule has 58 heavy (non-hydrogen) atoms. The summed E-state index contributed by atoms with van der Waals surface area (Å²) in [6.07, 6.45) is 0. The Morgan fingerprint density at radius 2 is 0.948 bits per heavy atom. The van der Waals surface area contributed by atoms with E-state index in [1.807, 2.05) is 30.3 Å². The summed E-state index contributed by atoms with van der Waals surface area (Å²) in [6, 6.07) is 66.0. The van der Waals surface area contributed by atoms with Crippen molar-refractivity contribution in [2.24, 2.45) is 0 Å². The van der Waals surface area contributed by atoms with Gasteiger partial charge in [0, 0.05) is 59.6 Å². The Morgan fingerprint density at radius 3 is 1.69 bits per heavy atom. The minimum atomic E-state index is 0.608. The summed E-state index contributed by atoms with van der Waals surface area (Å²) in [5.74, 6) is 1.85. The monoisotopic (exact) mass is 757 g/mol. The van der Waals surface area contributed by atoms with Crippen LogP contribution in [0.25, 0.3) is 115 Å². The van der Waals surface area contributed by atoms with Crippen LogP contribution in [0.5, 0.6) is 0 Å². The first-order chi connectivity index (χ1) is 28.7. The van der Waals surface area contributed by atoms with Crippen molar-refractivity contribution in [3.05, 3.63) is 188 Å². The molecular formula is C52H31N5S. The van der Waals surface area contributed by atoms with E-state index in [0.29, 0.717) is 17.5 Å². The van der Waals surface area contributed by atoms with E-state index in [0.717, 1.165) is 39.2 Å². The van der Waals surface area contributed by atoms with Gasteiger partial charge in [-0.15, -0.1) is 11.3 Å². The number of aromatic nitrogens is 5. The summed E-state index contributed by atoms with van der Waals surface area (Å²) in [7, 11) is 0. The van der Waals surface area contributed by atoms with Crippen LogP contribution >= 0.6 is 11.3 Å². The van der Waals surface area contributed by atoms with Gasteiger partial charge in [-0.1, -0.05) is 133 Å². The number of para-hydroxylation sites is 2. The maximum Gasteiger partial charge on any atom is 0.164 e. The molecule has 270 valence electrons. The molecule has 0 aliphatic rings. The van der Waals surface area contributed by atoms with Gasteiger partial charge in [0.2, 0.25) is 0 Å². The Morgan fingerprint density at radius 1 is 0.379 bits per heavy atom. The zero-order valence-electron chi connectivity index (χ0n) is 31.0. The summed E-state index contributed by atoms with van der Waals surface area (Å²) in [4.78, 5) is 20.7. The highest BCUT2D eigenvalue weighted by Crippen LogP contribution is 2.45. The fraction of sp³-hybridized carbons (Fsp3) is 0. The molecule has 8 aromatic carbocycles. The van der Waals surface area contributed by atoms with E-state index in [2.05, 4.69) is 162 Å². The lowest BCUT2D eigenvalue weighted by Crippen LogP contribution is -2.01. The van der Waals surface area contributed by atoms with E-state index in [9.17, 15) is 0 Å². The molecule has 12 aromatic rings. The number of fused-ring (bicyclic) bond motifs is 10. The first kappa shape index (κ1) is 32.7. The second-order valence-corrected chi connectivity index (χ2v) is 15.7. The van der Waals surface area contributed by atoms with Crippen molar-refractivity contribution < 1.29 is 0 Å². The molecule has 0 amide bonds. The summed E-state index contributed by atoms with van der Waals surface area (Å²) >= 11 is 1.80. The Labute approximate surface area is 337 Å². The highest BCUT2D eigenvalue weighted by Gasteiger charge is 2.20. The van der Waals surface area contributed by atoms with E-state index in [4.69, 9.17) is 19.9 Å². The Bertz CT molecular complexity index is 3510. The Balaban J connectivity index is 1.02. The molecule has 0 N–H and O–H groups in total. The molecular weight excluding hydrogens is 727 g/mol. The van der Waals surface area contributed by atoms with E-state index in [1.165, 1.54) is 58.1 Å². The highest BCUT2D eigenvalue weighted by molar-refractivity contribution is 7.26. The third-order valence-corrected chi connectivity index (χ3v) is 12.4. The smallest absolute Gasteiger partial charge is 0.164 e. The summed E-state index contributed by atoms with van der Waals surface area (Å²) < 4.78 is 4.74. The van der Waals surface area contributed by atoms with Gasteiger partial charge < -0.3 is 4.57 Å². The predicted molar refractivity (Wildman–Crippen MR) is 242 cm³/mol. The molecule has 4 heterocycles. The van der Waals surface area contributed by atoms with Crippen molar-refractivity contribution in [2.45, 2.75) is 0 Å². The SMILES string of the molecule is c1ccc(-c2nc(-c3ccc(-n4c5ccccc5c5ccccc54)cc3)nc(-c3cccc(-c4nc5ccc6ccccc6c5c5c4sc4ccccc45)c3)n2)cc1. The maximum absolute atomic E-state index is 5.41. The van der Waals surface area contributed by atoms with Crippen LogP contribution in [-0.4, -0.2) is 24.5 Å². The lowest BCUT2D eigenvalue weighted by Gasteiger charge is -2.12. The molecule has 0 fully saturated rings. The number of thiophene rings is 1. The largest absolute Gasteiger partial charge is 0.309 e. The van der Waals surface area contributed by atoms with Gasteiger partial charge in [-0.25, -0.2) is 19.9 Å². The molecule has 0 aliphatic heterocycles. The van der Waals surface area contributed by atoms with Crippen LogP contribution in [0.15, 0.2) is 188 Å². The van der Waals surface area contributed by atoms with Gasteiger partial charge in [0.15, 0.2) is 17.5 Å². The van der Waals surface area contributed by atoms with Crippen LogP contribution in [0, 0.1) is 0 Å². The van der Waals surface area contributed by atoms with Gasteiger partial charge in [-0.2, -0.15) is 0 Å². The molecule has 0 unspecified atom stereocenters. The van der Waals surface area contributed by atoms with Gasteiger partial charge >= 0.3 is 0 Å². The molecule has 0 radical (unpaired) electrons. The van der Waals surface area contributed by atoms with Gasteiger partial charge in [0.05, 0.1) is 26.9 Å². The standard InChI is InChI=1S/C52H31N5S/c1-2-14-33(15-3-1)50-54-51(34-25-28-37(29-26-34)57-43-22-9-6-19-39(43)40-20-7-10-23-44(40)57)56-52(55-50)36-17-12-16-35(31-36)48-49-47(41-21-8-11-24-45(41)58-49)46-38-18-5-4-13-32(38)27-30-42(46)53-48/h1-31H. The van der Waals surface area contributed by atoms with Crippen molar-refractivity contribution in [1.82, 2.24) is 24.5 Å². The zero-order chi connectivity index (χ0) is 38.2. The number of pyridine rings is 1. The van der Waals surface area contributed by atoms with Crippen molar-refractivity contribution in [1.29, 1.82) is 0 Å². The van der Waals surface area contributed by atoms with E-state index < -0.39 is 0 Å². The van der Waals surface area contributed by atoms with Crippen LogP contribution in [0.3, 0.4) is 0 Å². The number of nitrogens with zero attached hydrogens (tertiary/aromatic N) is 5. The van der Waals surface area contributed by atoms with Crippen LogP contribution in [-0.2, 0) is 0 Å². The van der Waals surface area contributed by atoms with Crippen molar-refractivity contribution in [2.75, 3.05) is 0 Å². The average molecular weight is 758 g/mol. The van der Waals surface area contributed by atoms with E-state index >= 15 is 0 Å². The topological polar surface area (TPSA) is 56.5 Å². The van der Waals surface area contributed by atoms with Crippen molar-refractivity contribution in [3.63, 3.8) is 0 Å². The molecule has 6 heteroatoms. The predicted octanol–water partition coefficient (Wildman–Crippen LogP) is 13.7. The molecule has 12 rings (SSSR count). The molecule has 0 bridgehead atoms. The molecule has 0 atom stereocenters. The van der Waals surface area contributed by atoms with Crippen LogP contribution in [0.2, 0.25) is 0 Å². The second kappa shape index (κ2) is 13.0. The minimum Gasteiger partial charge on any atom is -0.309 e. The normalized spacial score (nSPS) is 11.8. The molecule has 0 spiro atoms. The maximum atomic E-state index is 5.41. The third kappa shape index (κ3) is 5.16. The van der Waals surface area contributed by atoms with Crippen LogP contribution < -0.4 is 0 Å². The number of rotatable bonds is 5. The average Bonchev–Trinajstić information content (AvgIpc) is 3.85. The first-order valence-corrected chi connectivity index (χ1v) is 20.2. The minimum absolute atomic E-state index is 0.608. The highest BCUT2D eigenvalue weighted by atomic mass is 32.1. The second-order valence-electron chi connectivity index (χ2n) is 14.6. The summed E-state index contributed by atoms with van der Waals surface area (Å²) in [5, 5.41) is 8.60. The number of hydrogen-bond acceptors (Lipinski definition) is 5. The van der Waals surface area contributed by atoms with Crippen molar-refractivity contribution in [3.8, 4) is 51.1 Å². The fourth-order valence-corrected chi connectivity index (χ4v) is 9.78. The fourth-order valence-electron chi connectivity index (χ4n) is 8.56. The Hall–Kier alpha value is -7.54. The molecule has 0 saturated heterocycles. The molecule has 0 aliphatic carbocycles.